The van der Waals surface area contributed by atoms with E-state index in [1.807, 2.05) is 24.3 Å². The fraction of sp³-hybridized carbons (Fsp3) is 0.476. The van der Waals surface area contributed by atoms with E-state index in [2.05, 4.69) is 38.8 Å². The van der Waals surface area contributed by atoms with Crippen LogP contribution in [0.2, 0.25) is 0 Å². The first-order chi connectivity index (χ1) is 13.1. The Morgan fingerprint density at radius 1 is 1.19 bits per heavy atom. The molecule has 2 N–H and O–H groups in total. The molecule has 4 rings (SSSR count). The van der Waals surface area contributed by atoms with Gasteiger partial charge in [0.05, 0.1) is 5.92 Å². The van der Waals surface area contributed by atoms with Crippen molar-refractivity contribution in [1.29, 1.82) is 0 Å². The number of likely N-dealkylation sites (tertiary alicyclic amines) is 1. The zero-order chi connectivity index (χ0) is 18.9. The van der Waals surface area contributed by atoms with E-state index in [-0.39, 0.29) is 17.2 Å². The predicted octanol–water partition coefficient (Wildman–Crippen LogP) is 2.68. The lowest BCUT2D eigenvalue weighted by atomic mass is 9.67. The van der Waals surface area contributed by atoms with Crippen molar-refractivity contribution in [2.75, 3.05) is 36.8 Å². The topological polar surface area (TPSA) is 75.3 Å². The van der Waals surface area contributed by atoms with E-state index in [1.165, 1.54) is 0 Å². The highest BCUT2D eigenvalue weighted by atomic mass is 16.2. The summed E-state index contributed by atoms with van der Waals surface area (Å²) in [6.07, 6.45) is 4.77. The molecule has 3 heterocycles. The van der Waals surface area contributed by atoms with Gasteiger partial charge < -0.3 is 15.5 Å². The van der Waals surface area contributed by atoms with E-state index in [9.17, 15) is 4.79 Å². The van der Waals surface area contributed by atoms with Crippen molar-refractivity contribution in [1.82, 2.24) is 14.9 Å². The lowest BCUT2D eigenvalue weighted by Crippen LogP contribution is -2.54. The van der Waals surface area contributed by atoms with E-state index in [0.29, 0.717) is 5.95 Å². The standard InChI is InChI=1S/C21H27N5O/c1-2-25-15-21(14-17(19(25)27)16-6-4-3-5-7-16)9-12-26(13-10-21)18-8-11-23-20(22)24-18/h3-8,11,17H,2,9-10,12-15H2,1H3,(H2,22,23,24)/t17-/m0/s1. The molecule has 0 aliphatic carbocycles. The molecule has 1 aromatic carbocycles. The fourth-order valence-electron chi connectivity index (χ4n) is 4.61. The molecule has 6 heteroatoms. The minimum atomic E-state index is -0.0267. The Morgan fingerprint density at radius 3 is 2.59 bits per heavy atom. The second-order valence-electron chi connectivity index (χ2n) is 7.78. The van der Waals surface area contributed by atoms with Crippen molar-refractivity contribution in [3.05, 3.63) is 48.2 Å². The molecule has 2 saturated heterocycles. The van der Waals surface area contributed by atoms with E-state index in [4.69, 9.17) is 5.73 Å². The molecule has 1 amide bonds. The first-order valence-corrected chi connectivity index (χ1v) is 9.77. The number of nitrogens with zero attached hydrogens (tertiary/aromatic N) is 4. The number of likely N-dealkylation sites (N-methyl/N-ethyl adjacent to an activating group) is 1. The molecular weight excluding hydrogens is 338 g/mol. The summed E-state index contributed by atoms with van der Waals surface area (Å²) < 4.78 is 0. The second-order valence-corrected chi connectivity index (χ2v) is 7.78. The highest BCUT2D eigenvalue weighted by molar-refractivity contribution is 5.84. The van der Waals surface area contributed by atoms with Crippen LogP contribution >= 0.6 is 0 Å². The second kappa shape index (κ2) is 7.18. The van der Waals surface area contributed by atoms with Gasteiger partial charge in [-0.3, -0.25) is 4.79 Å². The van der Waals surface area contributed by atoms with Gasteiger partial charge in [0.2, 0.25) is 11.9 Å². The molecule has 0 unspecified atom stereocenters. The summed E-state index contributed by atoms with van der Waals surface area (Å²) in [5, 5.41) is 0. The lowest BCUT2D eigenvalue weighted by Gasteiger charge is -2.50. The van der Waals surface area contributed by atoms with Crippen molar-refractivity contribution in [3.8, 4) is 0 Å². The number of nitrogen functional groups attached to an aromatic ring is 1. The molecule has 0 saturated carbocycles. The van der Waals surface area contributed by atoms with Gasteiger partial charge in [-0.05, 0) is 43.2 Å². The number of piperidine rings is 2. The molecule has 1 aromatic heterocycles. The van der Waals surface area contributed by atoms with Gasteiger partial charge in [-0.25, -0.2) is 4.98 Å². The number of aromatic nitrogens is 2. The molecule has 1 atom stereocenters. The Labute approximate surface area is 160 Å². The fourth-order valence-corrected chi connectivity index (χ4v) is 4.61. The average molecular weight is 365 g/mol. The van der Waals surface area contributed by atoms with E-state index in [0.717, 1.165) is 56.8 Å². The summed E-state index contributed by atoms with van der Waals surface area (Å²) in [7, 11) is 0. The van der Waals surface area contributed by atoms with Crippen LogP contribution in [-0.4, -0.2) is 47.0 Å². The normalized spacial score (nSPS) is 22.3. The average Bonchev–Trinajstić information content (AvgIpc) is 2.71. The number of carbonyl (C=O) groups is 1. The van der Waals surface area contributed by atoms with Crippen LogP contribution in [0.1, 0.15) is 37.7 Å². The van der Waals surface area contributed by atoms with E-state index in [1.54, 1.807) is 6.20 Å². The van der Waals surface area contributed by atoms with Crippen LogP contribution in [0.4, 0.5) is 11.8 Å². The molecule has 6 nitrogen and oxygen atoms in total. The van der Waals surface area contributed by atoms with Gasteiger partial charge in [0.1, 0.15) is 5.82 Å². The van der Waals surface area contributed by atoms with Gasteiger partial charge in [0.15, 0.2) is 0 Å². The molecule has 2 aromatic rings. The first kappa shape index (κ1) is 17.8. The molecule has 142 valence electrons. The van der Waals surface area contributed by atoms with Crippen LogP contribution in [-0.2, 0) is 4.79 Å². The van der Waals surface area contributed by atoms with Crippen LogP contribution in [0.15, 0.2) is 42.6 Å². The summed E-state index contributed by atoms with van der Waals surface area (Å²) in [6, 6.07) is 12.2. The Morgan fingerprint density at radius 2 is 1.93 bits per heavy atom. The molecule has 0 radical (unpaired) electrons. The van der Waals surface area contributed by atoms with Crippen molar-refractivity contribution in [2.45, 2.75) is 32.1 Å². The van der Waals surface area contributed by atoms with Crippen LogP contribution in [0, 0.1) is 5.41 Å². The summed E-state index contributed by atoms with van der Waals surface area (Å²) in [5.41, 5.74) is 7.07. The van der Waals surface area contributed by atoms with Gasteiger partial charge in [0, 0.05) is 32.4 Å². The smallest absolute Gasteiger partial charge is 0.230 e. The maximum Gasteiger partial charge on any atom is 0.230 e. The number of benzene rings is 1. The third-order valence-corrected chi connectivity index (χ3v) is 6.16. The minimum absolute atomic E-state index is 0.0267. The van der Waals surface area contributed by atoms with Crippen molar-refractivity contribution >= 4 is 17.7 Å². The maximum atomic E-state index is 13.0. The largest absolute Gasteiger partial charge is 0.368 e. The Bertz CT molecular complexity index is 801. The third-order valence-electron chi connectivity index (χ3n) is 6.16. The highest BCUT2D eigenvalue weighted by Crippen LogP contribution is 2.46. The molecule has 2 aliphatic rings. The third kappa shape index (κ3) is 3.48. The number of rotatable bonds is 3. The molecule has 1 spiro atoms. The number of anilines is 2. The van der Waals surface area contributed by atoms with Gasteiger partial charge in [0.25, 0.3) is 0 Å². The van der Waals surface area contributed by atoms with Gasteiger partial charge in [-0.1, -0.05) is 30.3 Å². The number of amides is 1. The molecule has 2 fully saturated rings. The van der Waals surface area contributed by atoms with E-state index >= 15 is 0 Å². The van der Waals surface area contributed by atoms with E-state index < -0.39 is 0 Å². The molecule has 27 heavy (non-hydrogen) atoms. The van der Waals surface area contributed by atoms with Gasteiger partial charge in [-0.15, -0.1) is 0 Å². The zero-order valence-corrected chi connectivity index (χ0v) is 15.8. The van der Waals surface area contributed by atoms with Crippen molar-refractivity contribution in [3.63, 3.8) is 0 Å². The lowest BCUT2D eigenvalue weighted by molar-refractivity contribution is -0.140. The summed E-state index contributed by atoms with van der Waals surface area (Å²) >= 11 is 0. The molecule has 0 bridgehead atoms. The van der Waals surface area contributed by atoms with Crippen LogP contribution in [0.25, 0.3) is 0 Å². The number of hydrogen-bond acceptors (Lipinski definition) is 5. The first-order valence-electron chi connectivity index (χ1n) is 9.77. The van der Waals surface area contributed by atoms with Gasteiger partial charge >= 0.3 is 0 Å². The van der Waals surface area contributed by atoms with Crippen molar-refractivity contribution < 1.29 is 4.79 Å². The minimum Gasteiger partial charge on any atom is -0.368 e. The Hall–Kier alpha value is -2.63. The molecular formula is C21H27N5O. The number of hydrogen-bond donors (Lipinski definition) is 1. The summed E-state index contributed by atoms with van der Waals surface area (Å²) in [4.78, 5) is 25.7. The Balaban J connectivity index is 1.53. The zero-order valence-electron chi connectivity index (χ0n) is 15.8. The predicted molar refractivity (Wildman–Crippen MR) is 106 cm³/mol. The number of carbonyl (C=O) groups excluding carboxylic acids is 1. The Kier molecular flexibility index (Phi) is 4.72. The van der Waals surface area contributed by atoms with Crippen LogP contribution in [0.5, 0.6) is 0 Å². The quantitative estimate of drug-likeness (QED) is 0.905. The summed E-state index contributed by atoms with van der Waals surface area (Å²) in [5.74, 6) is 1.47. The van der Waals surface area contributed by atoms with Crippen molar-refractivity contribution in [2.24, 2.45) is 5.41 Å². The van der Waals surface area contributed by atoms with Gasteiger partial charge in [-0.2, -0.15) is 4.98 Å². The number of nitrogens with two attached hydrogens (primary N) is 1. The van der Waals surface area contributed by atoms with Crippen LogP contribution < -0.4 is 10.6 Å². The summed E-state index contributed by atoms with van der Waals surface area (Å²) in [6.45, 7) is 5.59. The van der Waals surface area contributed by atoms with Crippen LogP contribution in [0.3, 0.4) is 0 Å². The SMILES string of the molecule is CCN1CC2(CCN(c3ccnc(N)n3)CC2)C[C@@H](c2ccccc2)C1=O. The molecule has 2 aliphatic heterocycles. The highest BCUT2D eigenvalue weighted by Gasteiger charge is 2.45. The maximum absolute atomic E-state index is 13.0. The monoisotopic (exact) mass is 365 g/mol.